The molecule has 0 spiro atoms. The Morgan fingerprint density at radius 1 is 1.18 bits per heavy atom. The normalized spacial score (nSPS) is 14.9. The van der Waals surface area contributed by atoms with E-state index in [1.807, 2.05) is 6.92 Å². The van der Waals surface area contributed by atoms with E-state index < -0.39 is 0 Å². The first-order valence-electron chi connectivity index (χ1n) is 4.65. The summed E-state index contributed by atoms with van der Waals surface area (Å²) in [5.41, 5.74) is 0. The molecule has 0 radical (unpaired) electrons. The summed E-state index contributed by atoms with van der Waals surface area (Å²) >= 11 is 0. The molecule has 0 rings (SSSR count). The Balaban J connectivity index is 3.80. The van der Waals surface area contributed by atoms with Crippen molar-refractivity contribution in [2.75, 3.05) is 0 Å². The Morgan fingerprint density at radius 3 is 2.18 bits per heavy atom. The molecule has 64 valence electrons. The van der Waals surface area contributed by atoms with Crippen molar-refractivity contribution in [2.45, 2.75) is 47.0 Å². The van der Waals surface area contributed by atoms with Crippen molar-refractivity contribution in [1.29, 1.82) is 0 Å². The van der Waals surface area contributed by atoms with Gasteiger partial charge in [0, 0.05) is 6.42 Å². The molecular formula is C11H20. The lowest BCUT2D eigenvalue weighted by molar-refractivity contribution is 0.345. The largest absolute Gasteiger partial charge is 0.107 e. The van der Waals surface area contributed by atoms with Crippen LogP contribution in [0.1, 0.15) is 47.0 Å². The summed E-state index contributed by atoms with van der Waals surface area (Å²) < 4.78 is 0. The molecular weight excluding hydrogens is 132 g/mol. The summed E-state index contributed by atoms with van der Waals surface area (Å²) in [5, 5.41) is 0. The fourth-order valence-electron chi connectivity index (χ4n) is 1.31. The van der Waals surface area contributed by atoms with Gasteiger partial charge in [-0.2, -0.15) is 0 Å². The molecule has 0 nitrogen and oxygen atoms in total. The first-order chi connectivity index (χ1) is 5.26. The van der Waals surface area contributed by atoms with Crippen LogP contribution in [0.25, 0.3) is 0 Å². The van der Waals surface area contributed by atoms with Crippen LogP contribution in [0, 0.1) is 23.7 Å². The van der Waals surface area contributed by atoms with E-state index in [0.717, 1.165) is 18.3 Å². The van der Waals surface area contributed by atoms with Gasteiger partial charge < -0.3 is 0 Å². The van der Waals surface area contributed by atoms with E-state index in [-0.39, 0.29) is 0 Å². The minimum absolute atomic E-state index is 0.812. The van der Waals surface area contributed by atoms with Gasteiger partial charge >= 0.3 is 0 Å². The minimum atomic E-state index is 0.812. The summed E-state index contributed by atoms with van der Waals surface area (Å²) in [4.78, 5) is 0. The fraction of sp³-hybridized carbons (Fsp3) is 0.818. The van der Waals surface area contributed by atoms with Gasteiger partial charge in [0.1, 0.15) is 0 Å². The molecule has 0 aliphatic heterocycles. The van der Waals surface area contributed by atoms with Gasteiger partial charge in [0.05, 0.1) is 0 Å². The third-order valence-corrected chi connectivity index (χ3v) is 2.51. The van der Waals surface area contributed by atoms with Crippen molar-refractivity contribution < 1.29 is 0 Å². The van der Waals surface area contributed by atoms with E-state index in [1.165, 1.54) is 12.8 Å². The Hall–Kier alpha value is -0.440. The lowest BCUT2D eigenvalue weighted by Gasteiger charge is -2.18. The topological polar surface area (TPSA) is 0 Å². The third kappa shape index (κ3) is 4.09. The van der Waals surface area contributed by atoms with Crippen LogP contribution in [-0.2, 0) is 0 Å². The highest BCUT2D eigenvalue weighted by Crippen LogP contribution is 2.21. The zero-order valence-corrected chi connectivity index (χ0v) is 8.28. The number of hydrogen-bond donors (Lipinski definition) is 0. The predicted molar refractivity (Wildman–Crippen MR) is 51.3 cm³/mol. The highest BCUT2D eigenvalue weighted by molar-refractivity contribution is 4.96. The molecule has 0 amide bonds. The molecule has 0 aliphatic rings. The Bertz CT molecular complexity index is 136. The van der Waals surface area contributed by atoms with Gasteiger partial charge in [-0.05, 0) is 18.8 Å². The third-order valence-electron chi connectivity index (χ3n) is 2.51. The molecule has 0 heterocycles. The van der Waals surface area contributed by atoms with E-state index in [9.17, 15) is 0 Å². The molecule has 2 unspecified atom stereocenters. The summed E-state index contributed by atoms with van der Waals surface area (Å²) in [6.45, 7) is 8.76. The van der Waals surface area contributed by atoms with E-state index >= 15 is 0 Å². The fourth-order valence-corrected chi connectivity index (χ4v) is 1.31. The maximum absolute atomic E-state index is 3.16. The van der Waals surface area contributed by atoms with Crippen LogP contribution in [-0.4, -0.2) is 0 Å². The molecule has 0 N–H and O–H groups in total. The first kappa shape index (κ1) is 10.6. The van der Waals surface area contributed by atoms with E-state index in [2.05, 4.69) is 32.6 Å². The Morgan fingerprint density at radius 2 is 1.82 bits per heavy atom. The van der Waals surface area contributed by atoms with Crippen LogP contribution in [0.15, 0.2) is 0 Å². The van der Waals surface area contributed by atoms with Crippen LogP contribution >= 0.6 is 0 Å². The smallest absolute Gasteiger partial charge is 0.0119 e. The molecule has 0 aromatic heterocycles. The molecule has 2 atom stereocenters. The van der Waals surface area contributed by atoms with Crippen molar-refractivity contribution in [3.8, 4) is 11.8 Å². The molecule has 0 fully saturated rings. The van der Waals surface area contributed by atoms with Gasteiger partial charge in [0.25, 0.3) is 0 Å². The van der Waals surface area contributed by atoms with Crippen LogP contribution < -0.4 is 0 Å². The standard InChI is InChI=1S/C11H20/c1-5-8-9-11(7-3)10(4)6-2/h10-11H,6-7,9H2,1-4H3. The molecule has 0 aromatic rings. The summed E-state index contributed by atoms with van der Waals surface area (Å²) in [5.74, 6) is 7.77. The average molecular weight is 152 g/mol. The summed E-state index contributed by atoms with van der Waals surface area (Å²) in [7, 11) is 0. The van der Waals surface area contributed by atoms with E-state index in [1.54, 1.807) is 0 Å². The van der Waals surface area contributed by atoms with Crippen molar-refractivity contribution in [3.05, 3.63) is 0 Å². The van der Waals surface area contributed by atoms with Gasteiger partial charge in [-0.1, -0.05) is 33.6 Å². The zero-order valence-electron chi connectivity index (χ0n) is 8.28. The molecule has 0 heteroatoms. The maximum Gasteiger partial charge on any atom is 0.0119 e. The Labute approximate surface area is 71.4 Å². The Kier molecular flexibility index (Phi) is 6.03. The maximum atomic E-state index is 3.16. The van der Waals surface area contributed by atoms with E-state index in [4.69, 9.17) is 0 Å². The van der Waals surface area contributed by atoms with Crippen molar-refractivity contribution in [2.24, 2.45) is 11.8 Å². The first-order valence-corrected chi connectivity index (χ1v) is 4.65. The van der Waals surface area contributed by atoms with Gasteiger partial charge in [0.15, 0.2) is 0 Å². The molecule has 0 aliphatic carbocycles. The van der Waals surface area contributed by atoms with Crippen LogP contribution in [0.2, 0.25) is 0 Å². The van der Waals surface area contributed by atoms with Crippen molar-refractivity contribution in [1.82, 2.24) is 0 Å². The average Bonchev–Trinajstić information content (AvgIpc) is 2.05. The summed E-state index contributed by atoms with van der Waals surface area (Å²) in [6, 6.07) is 0. The lowest BCUT2D eigenvalue weighted by atomic mass is 9.87. The van der Waals surface area contributed by atoms with Crippen LogP contribution in [0.3, 0.4) is 0 Å². The van der Waals surface area contributed by atoms with E-state index in [0.29, 0.717) is 0 Å². The SMILES string of the molecule is CC#CCC(CC)C(C)CC. The van der Waals surface area contributed by atoms with Crippen molar-refractivity contribution >= 4 is 0 Å². The number of hydrogen-bond acceptors (Lipinski definition) is 0. The minimum Gasteiger partial charge on any atom is -0.107 e. The summed E-state index contributed by atoms with van der Waals surface area (Å²) in [6.07, 6.45) is 3.63. The molecule has 0 bridgehead atoms. The van der Waals surface area contributed by atoms with Gasteiger partial charge in [0.2, 0.25) is 0 Å². The van der Waals surface area contributed by atoms with Crippen LogP contribution in [0.5, 0.6) is 0 Å². The van der Waals surface area contributed by atoms with Gasteiger partial charge in [-0.3, -0.25) is 0 Å². The predicted octanol–water partition coefficient (Wildman–Crippen LogP) is 3.47. The second kappa shape index (κ2) is 6.28. The monoisotopic (exact) mass is 152 g/mol. The zero-order chi connectivity index (χ0) is 8.69. The highest BCUT2D eigenvalue weighted by atomic mass is 14.2. The second-order valence-electron chi connectivity index (χ2n) is 3.18. The quantitative estimate of drug-likeness (QED) is 0.541. The molecule has 0 aromatic carbocycles. The van der Waals surface area contributed by atoms with Crippen molar-refractivity contribution in [3.63, 3.8) is 0 Å². The molecule has 0 saturated carbocycles. The lowest BCUT2D eigenvalue weighted by Crippen LogP contribution is -2.08. The number of rotatable bonds is 4. The second-order valence-corrected chi connectivity index (χ2v) is 3.18. The van der Waals surface area contributed by atoms with Crippen LogP contribution in [0.4, 0.5) is 0 Å². The van der Waals surface area contributed by atoms with Gasteiger partial charge in [-0.25, -0.2) is 0 Å². The van der Waals surface area contributed by atoms with Gasteiger partial charge in [-0.15, -0.1) is 11.8 Å². The molecule has 0 saturated heterocycles. The molecule has 11 heavy (non-hydrogen) atoms. The highest BCUT2D eigenvalue weighted by Gasteiger charge is 2.11.